The molecule has 0 saturated carbocycles. The van der Waals surface area contributed by atoms with Gasteiger partial charge in [-0.2, -0.15) is 0 Å². The summed E-state index contributed by atoms with van der Waals surface area (Å²) in [6, 6.07) is 16.2. The molecule has 35 nitrogen and oxygen atoms in total. The number of nitrogens with zero attached hydrogens (tertiary/aromatic N) is 11. The van der Waals surface area contributed by atoms with Gasteiger partial charge in [0.25, 0.3) is 0 Å². The van der Waals surface area contributed by atoms with E-state index in [4.69, 9.17) is 108 Å². The van der Waals surface area contributed by atoms with Gasteiger partial charge < -0.3 is 99.4 Å². The van der Waals surface area contributed by atoms with Crippen molar-refractivity contribution in [1.82, 2.24) is 76.1 Å². The second-order valence-electron chi connectivity index (χ2n) is 30.5. The van der Waals surface area contributed by atoms with Crippen LogP contribution in [0.25, 0.3) is 88.5 Å². The summed E-state index contributed by atoms with van der Waals surface area (Å²) in [5, 5.41) is 29.8. The van der Waals surface area contributed by atoms with Gasteiger partial charge in [0.1, 0.15) is 46.1 Å². The van der Waals surface area contributed by atoms with Gasteiger partial charge in [0, 0.05) is 110 Å². The lowest BCUT2D eigenvalue weighted by Gasteiger charge is -2.21. The highest BCUT2D eigenvalue weighted by Crippen LogP contribution is 2.48. The number of nitrogens with one attached hydrogen (secondary N) is 8. The first kappa shape index (κ1) is 96.8. The predicted octanol–water partition coefficient (Wildman–Crippen LogP) is 13.6. The minimum absolute atomic E-state index is 0.0131. The average Bonchev–Trinajstić information content (AvgIpc) is 1.43. The molecule has 16 rings (SSSR count). The fraction of sp³-hybridized carbons (Fsp3) is 0.301. The zero-order valence-electron chi connectivity index (χ0n) is 74.2. The van der Waals surface area contributed by atoms with Gasteiger partial charge in [-0.1, -0.05) is 86.6 Å². The Bertz CT molecular complexity index is 6150. The largest absolute Gasteiger partial charge is 0.497 e. The highest BCUT2D eigenvalue weighted by Gasteiger charge is 2.35. The van der Waals surface area contributed by atoms with Crippen molar-refractivity contribution in [3.05, 3.63) is 198 Å². The topological polar surface area (TPSA) is 417 Å². The van der Waals surface area contributed by atoms with Gasteiger partial charge >= 0.3 is 0 Å². The van der Waals surface area contributed by atoms with Crippen LogP contribution in [0.5, 0.6) is 46.0 Å². The monoisotopic (exact) mass is 1890 g/mol. The Kier molecular flexibility index (Phi) is 32.4. The number of benzene rings is 4. The molecule has 4 aromatic carbocycles. The molecule has 4 aliphatic heterocycles. The summed E-state index contributed by atoms with van der Waals surface area (Å²) in [6.45, 7) is 23.3. The molecule has 4 amide bonds. The molecule has 0 bridgehead atoms. The molecule has 0 aliphatic carbocycles. The van der Waals surface area contributed by atoms with Crippen LogP contribution in [0.15, 0.2) is 161 Å². The van der Waals surface area contributed by atoms with Crippen LogP contribution in [0.4, 0.5) is 28.1 Å². The van der Waals surface area contributed by atoms with E-state index < -0.39 is 5.82 Å². The van der Waals surface area contributed by atoms with E-state index in [1.807, 2.05) is 31.2 Å². The summed E-state index contributed by atoms with van der Waals surface area (Å²) in [4.78, 5) is 96.1. The Labute approximate surface area is 784 Å². The van der Waals surface area contributed by atoms with E-state index in [0.717, 1.165) is 43.8 Å². The number of halogens is 5. The highest BCUT2D eigenvalue weighted by molar-refractivity contribution is 6.36. The number of hydrogen-bond acceptors (Lipinski definition) is 31. The molecule has 4 saturated heterocycles. The first-order valence-electron chi connectivity index (χ1n) is 41.4. The lowest BCUT2D eigenvalue weighted by atomic mass is 9.93. The van der Waals surface area contributed by atoms with Crippen LogP contribution in [0.3, 0.4) is 0 Å². The fourth-order valence-electron chi connectivity index (χ4n) is 15.0. The van der Waals surface area contributed by atoms with Crippen LogP contribution < -0.4 is 80.4 Å². The van der Waals surface area contributed by atoms with E-state index >= 15 is 0 Å². The molecule has 0 radical (unpaired) electrons. The molecule has 12 aromatic rings. The van der Waals surface area contributed by atoms with Crippen molar-refractivity contribution in [2.24, 2.45) is 0 Å². The number of pyridine rings is 5. The third kappa shape index (κ3) is 22.6. The summed E-state index contributed by atoms with van der Waals surface area (Å²) in [6.07, 6.45) is 18.3. The zero-order chi connectivity index (χ0) is 94.8. The Morgan fingerprint density at radius 3 is 1.12 bits per heavy atom. The Morgan fingerprint density at radius 2 is 0.699 bits per heavy atom. The Balaban J connectivity index is 0.000000151. The number of ether oxygens (including phenoxy) is 12. The van der Waals surface area contributed by atoms with E-state index in [-0.39, 0.29) is 106 Å². The quantitative estimate of drug-likeness (QED) is 0.0202. The van der Waals surface area contributed by atoms with Crippen LogP contribution in [-0.2, 0) is 38.1 Å². The number of amides is 4. The molecular formula is C93H96Cl4FN19O16. The van der Waals surface area contributed by atoms with E-state index in [2.05, 4.69) is 133 Å². The number of hydrogen-bond donors (Lipinski definition) is 8. The van der Waals surface area contributed by atoms with Gasteiger partial charge in [-0.3, -0.25) is 39.1 Å². The third-order valence-electron chi connectivity index (χ3n) is 21.9. The molecule has 133 heavy (non-hydrogen) atoms. The van der Waals surface area contributed by atoms with Gasteiger partial charge in [-0.05, 0) is 73.5 Å². The lowest BCUT2D eigenvalue weighted by Crippen LogP contribution is -2.45. The summed E-state index contributed by atoms with van der Waals surface area (Å²) in [5.74, 6) is 4.07. The number of carbonyl (C=O) groups is 4. The number of fused-ring (bicyclic) bond motifs is 4. The Hall–Kier alpha value is -13.7. The van der Waals surface area contributed by atoms with Crippen LogP contribution in [0, 0.1) is 12.7 Å². The predicted molar refractivity (Wildman–Crippen MR) is 506 cm³/mol. The van der Waals surface area contributed by atoms with E-state index in [9.17, 15) is 23.6 Å². The zero-order valence-corrected chi connectivity index (χ0v) is 77.2. The van der Waals surface area contributed by atoms with Gasteiger partial charge in [0.2, 0.25) is 41.5 Å². The molecule has 8 N–H and O–H groups in total. The minimum atomic E-state index is -0.650. The first-order chi connectivity index (χ1) is 64.3. The maximum Gasteiger partial charge on any atom is 0.243 e. The van der Waals surface area contributed by atoms with Crippen LogP contribution >= 0.6 is 46.4 Å². The van der Waals surface area contributed by atoms with E-state index in [0.29, 0.717) is 171 Å². The molecule has 694 valence electrons. The summed E-state index contributed by atoms with van der Waals surface area (Å²) in [7, 11) is 12.3. The average molecular weight is 1900 g/mol. The molecular weight excluding hydrogens is 1800 g/mol. The first-order valence-corrected chi connectivity index (χ1v) is 42.9. The highest BCUT2D eigenvalue weighted by atomic mass is 35.5. The van der Waals surface area contributed by atoms with Crippen LogP contribution in [-0.4, -0.2) is 237 Å². The smallest absolute Gasteiger partial charge is 0.243 e. The van der Waals surface area contributed by atoms with Crippen LogP contribution in [0.2, 0.25) is 20.1 Å². The molecule has 8 aromatic heterocycles. The van der Waals surface area contributed by atoms with Crippen molar-refractivity contribution < 1.29 is 80.4 Å². The SMILES string of the molecule is C=CC(=O)N[C@H]1COC[C@H]1Nc1cc2cnc(-c3c(Cl)c(OC)cc(OC)c3C(C)C)cc2cn1.C=CC(=O)N[C@H]1COC[C@H]1Nc1ncc2cc(-c3c(C)c(OC)cc(OC)c3Cl)ncc2n1.C=CC(=O)N[C@H]1COC[C@H]1Nc1ncc2cc(-c3c(F)c(OC)cc(OC)c3Cl)ncc2n1.C=CC(=O)N[C@H]1COC[C@H]1Nc1ncc2cc(-c3cc(OC)cc(OC)c3Cl)ncc2n1. The van der Waals surface area contributed by atoms with Crippen molar-refractivity contribution >= 4 is 137 Å². The standard InChI is InChI=1S/C26H29ClN4O4.C23H24ClN5O4.C22H21ClFN5O4.C22H22ClN5O4/c1-6-23(32)31-19-13-35-12-18(19)30-22-8-16-10-28-17(7-15(16)11-29-22)25-24(14(2)3)20(33-4)9-21(34-5)26(25)27;1-5-20(30)27-16-10-33-11-17(16)29-23-26-8-13-6-14(25-9-15(13)28-23)21-12(2)18(31-3)7-19(32-4)22(21)24;1-4-18(30)27-14-9-33-10-15(14)29-22-26-7-11-5-12(25-8-13(11)28-22)19-20(23)16(31-2)6-17(32-3)21(19)24;1-4-20(29)26-17-10-32-11-18(17)28-22-25-8-12-5-15(24-9-16(12)27-22)14-6-13(30-2)7-19(31-3)21(14)23/h6-11,14,18-19H,1,12-13H2,2-5H3,(H,29,30)(H,31,32);5-9,16-17H,1,10-11H2,2-4H3,(H,27,30)(H,26,28,29);4-8,14-15H,1,9-10H2,2-3H3,(H,27,30)(H,26,28,29);4-9,17-18H,1,10-11H2,2-3H3,(H,26,29)(H,25,27,28)/t18-,19+;16-,17+;14-,15+;17-,18+/m1000/s1. The summed E-state index contributed by atoms with van der Waals surface area (Å²) < 4.78 is 79.9. The normalized spacial score (nSPS) is 17.6. The third-order valence-corrected chi connectivity index (χ3v) is 23.4. The van der Waals surface area contributed by atoms with Gasteiger partial charge in [-0.15, -0.1) is 0 Å². The maximum atomic E-state index is 15.0. The number of aromatic nitrogens is 11. The number of anilines is 4. The molecule has 4 fully saturated rings. The summed E-state index contributed by atoms with van der Waals surface area (Å²) in [5.41, 5.74) is 8.19. The molecule has 12 heterocycles. The second kappa shape index (κ2) is 44.5. The molecule has 4 aliphatic rings. The van der Waals surface area contributed by atoms with Crippen molar-refractivity contribution in [2.45, 2.75) is 75.0 Å². The maximum absolute atomic E-state index is 15.0. The lowest BCUT2D eigenvalue weighted by molar-refractivity contribution is -0.118. The van der Waals surface area contributed by atoms with Crippen molar-refractivity contribution in [3.8, 4) is 91.0 Å². The molecule has 8 atom stereocenters. The fourth-order valence-corrected chi connectivity index (χ4v) is 16.3. The Morgan fingerprint density at radius 1 is 0.368 bits per heavy atom. The van der Waals surface area contributed by atoms with Gasteiger partial charge in [0.05, 0.1) is 242 Å². The van der Waals surface area contributed by atoms with Crippen molar-refractivity contribution in [2.75, 3.05) is 131 Å². The summed E-state index contributed by atoms with van der Waals surface area (Å²) >= 11 is 26.2. The number of methoxy groups -OCH3 is 8. The number of carbonyl (C=O) groups excluding carboxylic acids is 4. The molecule has 0 unspecified atom stereocenters. The van der Waals surface area contributed by atoms with Crippen LogP contribution in [0.1, 0.15) is 30.9 Å². The molecule has 40 heteroatoms. The van der Waals surface area contributed by atoms with E-state index in [1.54, 1.807) is 116 Å². The minimum Gasteiger partial charge on any atom is -0.497 e. The van der Waals surface area contributed by atoms with E-state index in [1.165, 1.54) is 50.8 Å². The second-order valence-corrected chi connectivity index (χ2v) is 32.0. The van der Waals surface area contributed by atoms with Crippen molar-refractivity contribution in [1.29, 1.82) is 0 Å². The molecule has 0 spiro atoms. The van der Waals surface area contributed by atoms with Crippen molar-refractivity contribution in [3.63, 3.8) is 0 Å². The number of rotatable bonds is 29. The van der Waals surface area contributed by atoms with Gasteiger partial charge in [-0.25, -0.2) is 39.3 Å². The van der Waals surface area contributed by atoms with Gasteiger partial charge in [0.15, 0.2) is 11.6 Å².